The monoisotopic (exact) mass is 785 g/mol. The summed E-state index contributed by atoms with van der Waals surface area (Å²) in [6, 6.07) is 0.866. The zero-order chi connectivity index (χ0) is 42.9. The maximum Gasteiger partial charge on any atom is 0.321 e. The summed E-state index contributed by atoms with van der Waals surface area (Å²) >= 11 is 0. The number of rotatable bonds is 20. The van der Waals surface area contributed by atoms with E-state index in [1.807, 2.05) is 27.8 Å². The molecule has 2 aliphatic heterocycles. The van der Waals surface area contributed by atoms with E-state index in [2.05, 4.69) is 117 Å². The molecule has 2 fully saturated rings. The van der Waals surface area contributed by atoms with Gasteiger partial charge >= 0.3 is 11.9 Å². The van der Waals surface area contributed by atoms with Crippen LogP contribution in [0.15, 0.2) is 0 Å². The van der Waals surface area contributed by atoms with Gasteiger partial charge in [-0.2, -0.15) is 0 Å². The molecular formula is C44H88N4O7. The Kier molecular flexibility index (Phi) is 24.2. The Morgan fingerprint density at radius 2 is 1.36 bits per heavy atom. The van der Waals surface area contributed by atoms with Gasteiger partial charge in [0.05, 0.1) is 24.7 Å². The molecule has 0 radical (unpaired) electrons. The standard InChI is InChI=1S/C31H57N3O6.C10H23NO.C3H8/c1-12-24(15-32-20(2)3)39-28(36)27(29(37)40-26-14-31(10,11)34(17-26)22(6)7)23(18-35)19-38-25-13-30(8,9)33(16-25)21(4)5;1-8(2)6-9(12)7-10(3,4)11-5;1-3-2/h18,20-27,32H,12-17,19H2,1-11H3;8-9,11-12H,6-7H2,1-5H3;3H2,1-2H3. The van der Waals surface area contributed by atoms with Crippen LogP contribution in [0.4, 0.5) is 0 Å². The number of aliphatic hydroxyl groups is 1. The zero-order valence-corrected chi connectivity index (χ0v) is 38.7. The fraction of sp³-hybridized carbons (Fsp3) is 0.932. The highest BCUT2D eigenvalue weighted by Gasteiger charge is 2.46. The molecule has 11 nitrogen and oxygen atoms in total. The van der Waals surface area contributed by atoms with Crippen LogP contribution in [0.25, 0.3) is 0 Å². The molecule has 0 aromatic carbocycles. The van der Waals surface area contributed by atoms with E-state index in [-0.39, 0.29) is 53.6 Å². The van der Waals surface area contributed by atoms with Crippen molar-refractivity contribution in [2.24, 2.45) is 17.8 Å². The van der Waals surface area contributed by atoms with Crippen LogP contribution in [0, 0.1) is 17.8 Å². The van der Waals surface area contributed by atoms with Crippen LogP contribution in [-0.4, -0.2) is 126 Å². The van der Waals surface area contributed by atoms with E-state index in [9.17, 15) is 19.5 Å². The molecule has 2 rings (SSSR count). The fourth-order valence-electron chi connectivity index (χ4n) is 7.76. The number of hydrogen-bond donors (Lipinski definition) is 3. The predicted molar refractivity (Wildman–Crippen MR) is 226 cm³/mol. The van der Waals surface area contributed by atoms with Crippen molar-refractivity contribution in [1.82, 2.24) is 20.4 Å². The van der Waals surface area contributed by atoms with Gasteiger partial charge in [0.25, 0.3) is 0 Å². The van der Waals surface area contributed by atoms with E-state index in [1.54, 1.807) is 0 Å². The molecule has 0 aliphatic carbocycles. The fourth-order valence-corrected chi connectivity index (χ4v) is 7.76. The van der Waals surface area contributed by atoms with Crippen molar-refractivity contribution in [2.75, 3.05) is 33.3 Å². The minimum atomic E-state index is -1.38. The Morgan fingerprint density at radius 3 is 1.76 bits per heavy atom. The van der Waals surface area contributed by atoms with Crippen molar-refractivity contribution in [2.45, 2.75) is 215 Å². The first kappa shape index (κ1) is 53.4. The quantitative estimate of drug-likeness (QED) is 0.0670. The van der Waals surface area contributed by atoms with Crippen LogP contribution in [0.1, 0.15) is 156 Å². The van der Waals surface area contributed by atoms with Gasteiger partial charge in [-0.25, -0.2) is 0 Å². The molecule has 0 spiro atoms. The van der Waals surface area contributed by atoms with Gasteiger partial charge in [0.15, 0.2) is 5.92 Å². The van der Waals surface area contributed by atoms with Crippen LogP contribution in [-0.2, 0) is 28.6 Å². The van der Waals surface area contributed by atoms with E-state index in [4.69, 9.17) is 14.2 Å². The molecule has 11 heteroatoms. The second-order valence-corrected chi connectivity index (χ2v) is 19.2. The Morgan fingerprint density at radius 1 is 0.873 bits per heavy atom. The minimum Gasteiger partial charge on any atom is -0.460 e. The first-order valence-corrected chi connectivity index (χ1v) is 21.4. The van der Waals surface area contributed by atoms with Gasteiger partial charge in [0.2, 0.25) is 0 Å². The number of hydrogen-bond acceptors (Lipinski definition) is 11. The van der Waals surface area contributed by atoms with Crippen molar-refractivity contribution < 1.29 is 33.7 Å². The van der Waals surface area contributed by atoms with Crippen molar-refractivity contribution in [3.63, 3.8) is 0 Å². The van der Waals surface area contributed by atoms with Crippen molar-refractivity contribution in [3.8, 4) is 0 Å². The van der Waals surface area contributed by atoms with E-state index in [1.165, 1.54) is 6.42 Å². The van der Waals surface area contributed by atoms with Crippen LogP contribution in [0.2, 0.25) is 0 Å². The second-order valence-electron chi connectivity index (χ2n) is 19.2. The lowest BCUT2D eigenvalue weighted by Crippen LogP contribution is -2.43. The number of nitrogens with one attached hydrogen (secondary N) is 2. The molecule has 0 aromatic heterocycles. The van der Waals surface area contributed by atoms with Crippen molar-refractivity contribution >= 4 is 18.2 Å². The van der Waals surface area contributed by atoms with Crippen LogP contribution in [0.5, 0.6) is 0 Å². The summed E-state index contributed by atoms with van der Waals surface area (Å²) in [6.07, 6.45) is 4.60. The van der Waals surface area contributed by atoms with E-state index < -0.39 is 29.9 Å². The molecule has 6 atom stereocenters. The maximum atomic E-state index is 13.6. The topological polar surface area (TPSA) is 130 Å². The summed E-state index contributed by atoms with van der Waals surface area (Å²) in [5.41, 5.74) is -0.133. The molecule has 2 aliphatic rings. The second kappa shape index (κ2) is 25.0. The van der Waals surface area contributed by atoms with Gasteiger partial charge in [-0.3, -0.25) is 19.4 Å². The highest BCUT2D eigenvalue weighted by Crippen LogP contribution is 2.34. The summed E-state index contributed by atoms with van der Waals surface area (Å²) in [7, 11) is 1.93. The van der Waals surface area contributed by atoms with Crippen LogP contribution in [0.3, 0.4) is 0 Å². The maximum absolute atomic E-state index is 13.6. The van der Waals surface area contributed by atoms with E-state index in [0.717, 1.165) is 25.8 Å². The molecule has 2 heterocycles. The molecule has 6 unspecified atom stereocenters. The lowest BCUT2D eigenvalue weighted by molar-refractivity contribution is -0.173. The van der Waals surface area contributed by atoms with Crippen LogP contribution < -0.4 is 10.6 Å². The highest BCUT2D eigenvalue weighted by atomic mass is 16.6. The molecule has 55 heavy (non-hydrogen) atoms. The Balaban J connectivity index is 0.00000163. The van der Waals surface area contributed by atoms with Gasteiger partial charge in [0, 0.05) is 60.8 Å². The number of likely N-dealkylation sites (tertiary alicyclic amines) is 2. The van der Waals surface area contributed by atoms with Gasteiger partial charge in [-0.15, -0.1) is 0 Å². The molecule has 0 saturated carbocycles. The average molecular weight is 785 g/mol. The number of ether oxygens (including phenoxy) is 3. The Hall–Kier alpha value is -1.63. The smallest absolute Gasteiger partial charge is 0.321 e. The lowest BCUT2D eigenvalue weighted by atomic mass is 9.92. The summed E-state index contributed by atoms with van der Waals surface area (Å²) in [6.45, 7) is 37.6. The van der Waals surface area contributed by atoms with Gasteiger partial charge < -0.3 is 34.7 Å². The molecule has 0 bridgehead atoms. The number of aliphatic hydroxyl groups excluding tert-OH is 1. The third-order valence-corrected chi connectivity index (χ3v) is 10.6. The number of carbonyl (C=O) groups excluding carboxylic acids is 3. The summed E-state index contributed by atoms with van der Waals surface area (Å²) in [5, 5.41) is 16.1. The normalized spacial score (nSPS) is 22.1. The summed E-state index contributed by atoms with van der Waals surface area (Å²) in [4.78, 5) is 44.2. The van der Waals surface area contributed by atoms with Crippen molar-refractivity contribution in [1.29, 1.82) is 0 Å². The van der Waals surface area contributed by atoms with Crippen LogP contribution >= 0.6 is 0 Å². The highest BCUT2D eigenvalue weighted by molar-refractivity contribution is 5.97. The van der Waals surface area contributed by atoms with Crippen molar-refractivity contribution in [3.05, 3.63) is 0 Å². The molecule has 326 valence electrons. The van der Waals surface area contributed by atoms with Gasteiger partial charge in [0.1, 0.15) is 18.5 Å². The SMILES string of the molecule is CCC.CCC(CNC(C)C)OC(=O)C(C(=O)OC1CN(C(C)C)C(C)(C)C1)C(C=O)COC1CN(C(C)C)C(C)(C)C1.CNC(C)(C)CC(O)CC(C)C. The first-order chi connectivity index (χ1) is 25.3. The number of esters is 2. The number of carbonyl (C=O) groups is 3. The average Bonchev–Trinajstić information content (AvgIpc) is 3.53. The lowest BCUT2D eigenvalue weighted by Gasteiger charge is -2.34. The third-order valence-electron chi connectivity index (χ3n) is 10.6. The molecule has 0 aromatic rings. The van der Waals surface area contributed by atoms with E-state index >= 15 is 0 Å². The summed E-state index contributed by atoms with van der Waals surface area (Å²) in [5.74, 6) is -3.23. The number of nitrogens with zero attached hydrogens (tertiary/aromatic N) is 2. The van der Waals surface area contributed by atoms with E-state index in [0.29, 0.717) is 44.2 Å². The molecule has 2 saturated heterocycles. The molecule has 3 N–H and O–H groups in total. The molecular weight excluding hydrogens is 697 g/mol. The third kappa shape index (κ3) is 19.6. The van der Waals surface area contributed by atoms with Gasteiger partial charge in [-0.05, 0) is 108 Å². The largest absolute Gasteiger partial charge is 0.460 e. The van der Waals surface area contributed by atoms with Gasteiger partial charge in [-0.1, -0.05) is 54.9 Å². The zero-order valence-electron chi connectivity index (χ0n) is 38.7. The number of aldehydes is 1. The molecule has 0 amide bonds. The Labute approximate surface area is 338 Å². The predicted octanol–water partition coefficient (Wildman–Crippen LogP) is 7.02. The summed E-state index contributed by atoms with van der Waals surface area (Å²) < 4.78 is 17.9. The Bertz CT molecular complexity index is 1090. The first-order valence-electron chi connectivity index (χ1n) is 21.4. The minimum absolute atomic E-state index is 0.0396.